The smallest absolute Gasteiger partial charge is 0.302 e. The molecule has 200 valence electrons. The van der Waals surface area contributed by atoms with Crippen LogP contribution in [0.15, 0.2) is 11.6 Å². The number of hydrogen-bond donors (Lipinski definition) is 1. The fourth-order valence-electron chi connectivity index (χ4n) is 10.1. The van der Waals surface area contributed by atoms with Gasteiger partial charge in [-0.2, -0.15) is 0 Å². The van der Waals surface area contributed by atoms with Gasteiger partial charge in [-0.05, 0) is 104 Å². The zero-order chi connectivity index (χ0) is 26.0. The molecule has 0 aromatic rings. The number of hydrogen-bond acceptors (Lipinski definition) is 5. The number of fused-ring (bicyclic) bond motifs is 7. The first-order valence-corrected chi connectivity index (χ1v) is 14.2. The lowest BCUT2D eigenvalue weighted by molar-refractivity contribution is -0.180. The second-order valence-corrected chi connectivity index (χ2v) is 13.6. The average molecular weight is 500 g/mol. The first kappa shape index (κ1) is 25.9. The predicted molar refractivity (Wildman–Crippen MR) is 136 cm³/mol. The standard InChI is InChI=1S/C30H45NO5/c1-17-21-9-13-30(5)22-8-12-28(3)11-7-19(27(34)31-35-6)15-23(28)20(22)16-24(33)26(30)29(21,4)14-10-25(17)36-18(2)32/h16-17,19,21-23,25-26H,7-15H2,1-6H3,(H,31,34). The fraction of sp³-hybridized carbons (Fsp3) is 0.833. The predicted octanol–water partition coefficient (Wildman–Crippen LogP) is 5.41. The summed E-state index contributed by atoms with van der Waals surface area (Å²) in [6, 6.07) is 0. The summed E-state index contributed by atoms with van der Waals surface area (Å²) in [4.78, 5) is 43.5. The van der Waals surface area contributed by atoms with E-state index in [0.717, 1.165) is 51.4 Å². The highest BCUT2D eigenvalue weighted by atomic mass is 16.6. The molecule has 0 aromatic heterocycles. The van der Waals surface area contributed by atoms with Gasteiger partial charge in [-0.3, -0.25) is 19.2 Å². The summed E-state index contributed by atoms with van der Waals surface area (Å²) in [5.41, 5.74) is 3.93. The van der Waals surface area contributed by atoms with Gasteiger partial charge in [0.15, 0.2) is 5.78 Å². The van der Waals surface area contributed by atoms with Gasteiger partial charge >= 0.3 is 5.97 Å². The Balaban J connectivity index is 1.47. The van der Waals surface area contributed by atoms with E-state index in [-0.39, 0.29) is 57.9 Å². The van der Waals surface area contributed by atoms with Gasteiger partial charge in [0.1, 0.15) is 6.10 Å². The van der Waals surface area contributed by atoms with E-state index in [4.69, 9.17) is 9.57 Å². The van der Waals surface area contributed by atoms with Crippen molar-refractivity contribution in [2.24, 2.45) is 51.8 Å². The van der Waals surface area contributed by atoms with E-state index in [1.165, 1.54) is 26.0 Å². The second-order valence-electron chi connectivity index (χ2n) is 13.6. The monoisotopic (exact) mass is 499 g/mol. The molecular formula is C30H45NO5. The summed E-state index contributed by atoms with van der Waals surface area (Å²) in [6.45, 7) is 10.9. The summed E-state index contributed by atoms with van der Waals surface area (Å²) in [5, 5.41) is 0. The van der Waals surface area contributed by atoms with Crippen LogP contribution in [0.1, 0.15) is 92.4 Å². The van der Waals surface area contributed by atoms with Crippen LogP contribution in [0, 0.1) is 51.8 Å². The van der Waals surface area contributed by atoms with Crippen molar-refractivity contribution in [2.75, 3.05) is 7.11 Å². The second kappa shape index (κ2) is 8.96. The van der Waals surface area contributed by atoms with Crippen molar-refractivity contribution >= 4 is 17.7 Å². The number of esters is 1. The first-order valence-electron chi connectivity index (χ1n) is 14.2. The quantitative estimate of drug-likeness (QED) is 0.415. The molecule has 36 heavy (non-hydrogen) atoms. The maximum absolute atomic E-state index is 14.2. The lowest BCUT2D eigenvalue weighted by Crippen LogP contribution is -2.62. The van der Waals surface area contributed by atoms with Crippen LogP contribution < -0.4 is 5.48 Å². The molecular weight excluding hydrogens is 454 g/mol. The molecule has 0 spiro atoms. The number of rotatable bonds is 3. The number of ketones is 1. The molecule has 5 aliphatic rings. The van der Waals surface area contributed by atoms with Gasteiger partial charge in [-0.15, -0.1) is 0 Å². The van der Waals surface area contributed by atoms with E-state index in [1.807, 2.05) is 6.08 Å². The molecule has 1 amide bonds. The SMILES string of the molecule is CONC(=O)C1CCC2(C)CCC3C(=CC(=O)C4C3(C)CCC3C(C)C(OC(C)=O)CCC34C)C2C1. The molecule has 10 atom stereocenters. The van der Waals surface area contributed by atoms with Gasteiger partial charge in [0, 0.05) is 18.8 Å². The van der Waals surface area contributed by atoms with Gasteiger partial charge < -0.3 is 4.74 Å². The Kier molecular flexibility index (Phi) is 6.45. The van der Waals surface area contributed by atoms with E-state index in [0.29, 0.717) is 17.6 Å². The molecule has 0 aliphatic heterocycles. The molecule has 4 fully saturated rings. The Hall–Kier alpha value is -1.69. The third kappa shape index (κ3) is 3.80. The number of carbonyl (C=O) groups excluding carboxylic acids is 3. The molecule has 10 unspecified atom stereocenters. The van der Waals surface area contributed by atoms with Crippen molar-refractivity contribution in [3.8, 4) is 0 Å². The summed E-state index contributed by atoms with van der Waals surface area (Å²) in [6.07, 6.45) is 10.9. The van der Waals surface area contributed by atoms with Crippen molar-refractivity contribution in [2.45, 2.75) is 98.5 Å². The lowest BCUT2D eigenvalue weighted by atomic mass is 9.38. The zero-order valence-electron chi connectivity index (χ0n) is 23.0. The molecule has 6 heteroatoms. The molecule has 5 rings (SSSR count). The van der Waals surface area contributed by atoms with Crippen LogP contribution in [0.3, 0.4) is 0 Å². The van der Waals surface area contributed by atoms with E-state index in [9.17, 15) is 14.4 Å². The number of carbonyl (C=O) groups is 3. The molecule has 0 heterocycles. The molecule has 6 nitrogen and oxygen atoms in total. The van der Waals surface area contributed by atoms with E-state index in [1.54, 1.807) is 0 Å². The maximum atomic E-state index is 14.2. The van der Waals surface area contributed by atoms with Crippen molar-refractivity contribution in [3.05, 3.63) is 11.6 Å². The Labute approximate surface area is 216 Å². The van der Waals surface area contributed by atoms with Crippen LogP contribution in [0.5, 0.6) is 0 Å². The van der Waals surface area contributed by atoms with Crippen molar-refractivity contribution in [3.63, 3.8) is 0 Å². The minimum atomic E-state index is -0.201. The van der Waals surface area contributed by atoms with E-state index >= 15 is 0 Å². The Bertz CT molecular complexity index is 974. The Morgan fingerprint density at radius 1 is 0.972 bits per heavy atom. The van der Waals surface area contributed by atoms with Crippen LogP contribution in [0.4, 0.5) is 0 Å². The fourth-order valence-corrected chi connectivity index (χ4v) is 10.1. The van der Waals surface area contributed by atoms with Gasteiger partial charge in [0.25, 0.3) is 0 Å². The minimum absolute atomic E-state index is 0.0127. The van der Waals surface area contributed by atoms with E-state index < -0.39 is 0 Å². The van der Waals surface area contributed by atoms with Crippen LogP contribution in [-0.2, 0) is 24.0 Å². The Morgan fingerprint density at radius 3 is 2.36 bits per heavy atom. The highest BCUT2D eigenvalue weighted by Gasteiger charge is 2.65. The maximum Gasteiger partial charge on any atom is 0.302 e. The normalized spacial score (nSPS) is 47.9. The largest absolute Gasteiger partial charge is 0.462 e. The summed E-state index contributed by atoms with van der Waals surface area (Å²) >= 11 is 0. The van der Waals surface area contributed by atoms with Crippen molar-refractivity contribution in [1.29, 1.82) is 0 Å². The Morgan fingerprint density at radius 2 is 1.67 bits per heavy atom. The third-order valence-corrected chi connectivity index (χ3v) is 11.9. The minimum Gasteiger partial charge on any atom is -0.462 e. The topological polar surface area (TPSA) is 81.7 Å². The molecule has 1 N–H and O–H groups in total. The number of nitrogens with one attached hydrogen (secondary N) is 1. The number of amides is 1. The summed E-state index contributed by atoms with van der Waals surface area (Å²) < 4.78 is 5.71. The highest BCUT2D eigenvalue weighted by molar-refractivity contribution is 5.95. The van der Waals surface area contributed by atoms with Crippen LogP contribution in [0.2, 0.25) is 0 Å². The van der Waals surface area contributed by atoms with Crippen molar-refractivity contribution in [1.82, 2.24) is 5.48 Å². The van der Waals surface area contributed by atoms with Crippen LogP contribution in [0.25, 0.3) is 0 Å². The highest BCUT2D eigenvalue weighted by Crippen LogP contribution is 2.69. The molecule has 0 saturated heterocycles. The lowest BCUT2D eigenvalue weighted by Gasteiger charge is -2.65. The zero-order valence-corrected chi connectivity index (χ0v) is 23.0. The third-order valence-electron chi connectivity index (χ3n) is 11.9. The van der Waals surface area contributed by atoms with E-state index in [2.05, 4.69) is 33.2 Å². The van der Waals surface area contributed by atoms with Crippen LogP contribution in [-0.4, -0.2) is 30.9 Å². The van der Waals surface area contributed by atoms with Gasteiger partial charge in [-0.1, -0.05) is 33.3 Å². The summed E-state index contributed by atoms with van der Waals surface area (Å²) in [7, 11) is 1.49. The molecule has 0 aromatic carbocycles. The van der Waals surface area contributed by atoms with Crippen LogP contribution >= 0.6 is 0 Å². The number of hydroxylamine groups is 1. The van der Waals surface area contributed by atoms with Gasteiger partial charge in [0.2, 0.25) is 5.91 Å². The number of ether oxygens (including phenoxy) is 1. The molecule has 0 bridgehead atoms. The number of allylic oxidation sites excluding steroid dienone is 2. The molecule has 4 saturated carbocycles. The molecule has 0 radical (unpaired) electrons. The average Bonchev–Trinajstić information content (AvgIpc) is 2.80. The summed E-state index contributed by atoms with van der Waals surface area (Å²) in [5.74, 6) is 1.37. The van der Waals surface area contributed by atoms with Gasteiger partial charge in [0.05, 0.1) is 7.11 Å². The first-order chi connectivity index (χ1) is 16.9. The van der Waals surface area contributed by atoms with Crippen molar-refractivity contribution < 1.29 is 24.0 Å². The molecule has 5 aliphatic carbocycles. The van der Waals surface area contributed by atoms with Gasteiger partial charge in [-0.25, -0.2) is 5.48 Å².